The first-order valence-corrected chi connectivity index (χ1v) is 13.0. The second kappa shape index (κ2) is 13.7. The molecule has 0 unspecified atom stereocenters. The molecule has 0 aliphatic rings. The molecule has 3 aromatic rings. The molecule has 1 amide bonds. The molecule has 1 heterocycles. The Bertz CT molecular complexity index is 1100. The van der Waals surface area contributed by atoms with Crippen LogP contribution in [0, 0.1) is 5.92 Å². The number of aromatic nitrogens is 1. The third-order valence-corrected chi connectivity index (χ3v) is 6.25. The molecule has 0 spiro atoms. The molecule has 0 bridgehead atoms. The number of carbonyl (C=O) groups excluding carboxylic acids is 2. The maximum Gasteiger partial charge on any atom is 0.323 e. The van der Waals surface area contributed by atoms with Gasteiger partial charge in [0.2, 0.25) is 5.91 Å². The van der Waals surface area contributed by atoms with E-state index in [-0.39, 0.29) is 18.3 Å². The lowest BCUT2D eigenvalue weighted by atomic mass is 10.0. The zero-order valence-electron chi connectivity index (χ0n) is 20.8. The van der Waals surface area contributed by atoms with Gasteiger partial charge < -0.3 is 26.8 Å². The first kappa shape index (κ1) is 27.3. The normalized spacial score (nSPS) is 12.8. The van der Waals surface area contributed by atoms with Gasteiger partial charge in [0.1, 0.15) is 12.1 Å². The number of rotatable bonds is 13. The molecule has 9 heteroatoms. The molecule has 2 atom stereocenters. The number of nitrogens with two attached hydrogens (primary N) is 2. The Morgan fingerprint density at radius 2 is 1.81 bits per heavy atom. The van der Waals surface area contributed by atoms with Crippen molar-refractivity contribution in [2.75, 3.05) is 24.1 Å². The van der Waals surface area contributed by atoms with Crippen molar-refractivity contribution in [2.45, 2.75) is 45.3 Å². The molecule has 2 aromatic carbocycles. The van der Waals surface area contributed by atoms with Crippen LogP contribution in [-0.4, -0.2) is 36.0 Å². The number of benzene rings is 2. The number of nitrogen functional groups attached to an aromatic ring is 1. The first-order chi connectivity index (χ1) is 17.3. The summed E-state index contributed by atoms with van der Waals surface area (Å²) in [7, 11) is 0. The SMILES string of the molecule is CC(C)C[C@H](N)C(=O)O[C@@H](CNCCc1ccc(NC(=O)Cc2csc(N)n2)cc1)c1ccccc1. The first-order valence-electron chi connectivity index (χ1n) is 12.1. The zero-order chi connectivity index (χ0) is 25.9. The van der Waals surface area contributed by atoms with Crippen LogP contribution >= 0.6 is 11.3 Å². The fraction of sp³-hybridized carbons (Fsp3) is 0.370. The molecule has 0 fully saturated rings. The Morgan fingerprint density at radius 1 is 1.08 bits per heavy atom. The van der Waals surface area contributed by atoms with E-state index in [2.05, 4.69) is 15.6 Å². The van der Waals surface area contributed by atoms with E-state index >= 15 is 0 Å². The third-order valence-electron chi connectivity index (χ3n) is 5.53. The van der Waals surface area contributed by atoms with E-state index in [1.165, 1.54) is 11.3 Å². The summed E-state index contributed by atoms with van der Waals surface area (Å²) in [4.78, 5) is 28.8. The van der Waals surface area contributed by atoms with Crippen LogP contribution in [0.2, 0.25) is 0 Å². The summed E-state index contributed by atoms with van der Waals surface area (Å²) in [5.74, 6) is -0.197. The molecule has 0 aliphatic carbocycles. The van der Waals surface area contributed by atoms with Gasteiger partial charge in [0.05, 0.1) is 12.1 Å². The van der Waals surface area contributed by atoms with Gasteiger partial charge >= 0.3 is 5.97 Å². The predicted molar refractivity (Wildman–Crippen MR) is 145 cm³/mol. The monoisotopic (exact) mass is 509 g/mol. The molecule has 0 saturated carbocycles. The van der Waals surface area contributed by atoms with Crippen molar-refractivity contribution in [3.05, 3.63) is 76.8 Å². The number of ether oxygens (including phenoxy) is 1. The molecule has 1 aromatic heterocycles. The molecule has 8 nitrogen and oxygen atoms in total. The van der Waals surface area contributed by atoms with Gasteiger partial charge in [-0.25, -0.2) is 4.98 Å². The largest absolute Gasteiger partial charge is 0.455 e. The van der Waals surface area contributed by atoms with Crippen LogP contribution in [0.25, 0.3) is 0 Å². The van der Waals surface area contributed by atoms with Crippen LogP contribution in [0.4, 0.5) is 10.8 Å². The molecule has 6 N–H and O–H groups in total. The zero-order valence-corrected chi connectivity index (χ0v) is 21.6. The molecule has 3 rings (SSSR count). The summed E-state index contributed by atoms with van der Waals surface area (Å²) in [5.41, 5.74) is 15.1. The maximum atomic E-state index is 12.5. The van der Waals surface area contributed by atoms with Crippen LogP contribution in [0.5, 0.6) is 0 Å². The van der Waals surface area contributed by atoms with E-state index in [0.29, 0.717) is 36.3 Å². The summed E-state index contributed by atoms with van der Waals surface area (Å²) in [6.45, 7) is 5.25. The van der Waals surface area contributed by atoms with Crippen LogP contribution in [0.1, 0.15) is 43.2 Å². The molecule has 36 heavy (non-hydrogen) atoms. The van der Waals surface area contributed by atoms with Crippen molar-refractivity contribution >= 4 is 34.0 Å². The lowest BCUT2D eigenvalue weighted by Gasteiger charge is -2.22. The molecular formula is C27H35N5O3S. The van der Waals surface area contributed by atoms with Gasteiger partial charge in [0.25, 0.3) is 0 Å². The van der Waals surface area contributed by atoms with Crippen LogP contribution in [0.15, 0.2) is 60.0 Å². The minimum absolute atomic E-state index is 0.135. The van der Waals surface area contributed by atoms with E-state index < -0.39 is 12.1 Å². The highest BCUT2D eigenvalue weighted by Crippen LogP contribution is 2.18. The van der Waals surface area contributed by atoms with Gasteiger partial charge in [-0.15, -0.1) is 11.3 Å². The van der Waals surface area contributed by atoms with E-state index in [1.54, 1.807) is 5.38 Å². The van der Waals surface area contributed by atoms with Crippen molar-refractivity contribution in [1.29, 1.82) is 0 Å². The number of carbonyl (C=O) groups is 2. The highest BCUT2D eigenvalue weighted by Gasteiger charge is 2.22. The Hall–Kier alpha value is -3.27. The number of hydrogen-bond acceptors (Lipinski definition) is 8. The molecule has 0 aliphatic heterocycles. The van der Waals surface area contributed by atoms with Crippen molar-refractivity contribution in [3.8, 4) is 0 Å². The lowest BCUT2D eigenvalue weighted by molar-refractivity contribution is -0.151. The average molecular weight is 510 g/mol. The van der Waals surface area contributed by atoms with Crippen LogP contribution < -0.4 is 22.1 Å². The topological polar surface area (TPSA) is 132 Å². The number of nitrogens with zero attached hydrogens (tertiary/aromatic N) is 1. The molecule has 192 valence electrons. The Kier molecular flexibility index (Phi) is 10.4. The van der Waals surface area contributed by atoms with Crippen molar-refractivity contribution in [1.82, 2.24) is 10.3 Å². The van der Waals surface area contributed by atoms with Crippen molar-refractivity contribution < 1.29 is 14.3 Å². The Morgan fingerprint density at radius 3 is 2.44 bits per heavy atom. The van der Waals surface area contributed by atoms with E-state index in [0.717, 1.165) is 23.2 Å². The minimum Gasteiger partial charge on any atom is -0.455 e. The minimum atomic E-state index is -0.630. The van der Waals surface area contributed by atoms with Gasteiger partial charge in [-0.2, -0.15) is 0 Å². The number of amides is 1. The Labute approximate surface area is 216 Å². The lowest BCUT2D eigenvalue weighted by Crippen LogP contribution is -2.36. The van der Waals surface area contributed by atoms with Crippen LogP contribution in [0.3, 0.4) is 0 Å². The van der Waals surface area contributed by atoms with E-state index in [9.17, 15) is 9.59 Å². The van der Waals surface area contributed by atoms with Gasteiger partial charge in [-0.1, -0.05) is 56.3 Å². The summed E-state index contributed by atoms with van der Waals surface area (Å²) < 4.78 is 5.77. The summed E-state index contributed by atoms with van der Waals surface area (Å²) in [5, 5.41) is 8.51. The quantitative estimate of drug-likeness (QED) is 0.204. The maximum absolute atomic E-state index is 12.5. The van der Waals surface area contributed by atoms with Crippen molar-refractivity contribution in [2.24, 2.45) is 11.7 Å². The Balaban J connectivity index is 1.46. The van der Waals surface area contributed by atoms with Crippen LogP contribution in [-0.2, 0) is 27.2 Å². The fourth-order valence-electron chi connectivity index (χ4n) is 3.72. The van der Waals surface area contributed by atoms with E-state index in [4.69, 9.17) is 16.2 Å². The molecular weight excluding hydrogens is 474 g/mol. The average Bonchev–Trinajstić information content (AvgIpc) is 3.26. The second-order valence-corrected chi connectivity index (χ2v) is 10.0. The standard InChI is InChI=1S/C27H35N5O3S/c1-18(2)14-23(28)26(34)35-24(20-6-4-3-5-7-20)16-30-13-12-19-8-10-21(11-9-19)31-25(33)15-22-17-36-27(29)32-22/h3-11,17-18,23-24,30H,12-16,28H2,1-2H3,(H2,29,32)(H,31,33)/t23-,24-/m0/s1. The number of nitrogens with one attached hydrogen (secondary N) is 2. The van der Waals surface area contributed by atoms with Gasteiger partial charge in [-0.3, -0.25) is 9.59 Å². The van der Waals surface area contributed by atoms with Crippen molar-refractivity contribution in [3.63, 3.8) is 0 Å². The highest BCUT2D eigenvalue weighted by molar-refractivity contribution is 7.13. The molecule has 0 saturated heterocycles. The number of thiazole rings is 1. The van der Waals surface area contributed by atoms with E-state index in [1.807, 2.05) is 68.4 Å². The number of hydrogen-bond donors (Lipinski definition) is 4. The predicted octanol–water partition coefficient (Wildman–Crippen LogP) is 3.70. The summed E-state index contributed by atoms with van der Waals surface area (Å²) in [6.07, 6.45) is 1.15. The van der Waals surface area contributed by atoms with Gasteiger partial charge in [0, 0.05) is 17.6 Å². The van der Waals surface area contributed by atoms with Gasteiger partial charge in [0.15, 0.2) is 5.13 Å². The smallest absolute Gasteiger partial charge is 0.323 e. The number of esters is 1. The third kappa shape index (κ3) is 9.07. The fourth-order valence-corrected chi connectivity index (χ4v) is 4.28. The summed E-state index contributed by atoms with van der Waals surface area (Å²) >= 11 is 1.32. The van der Waals surface area contributed by atoms with Gasteiger partial charge in [-0.05, 0) is 48.6 Å². The molecule has 0 radical (unpaired) electrons. The second-order valence-electron chi connectivity index (χ2n) is 9.13. The number of anilines is 2. The highest BCUT2D eigenvalue weighted by atomic mass is 32.1. The summed E-state index contributed by atoms with van der Waals surface area (Å²) in [6, 6.07) is 16.8.